The number of ether oxygens (including phenoxy) is 1. The van der Waals surface area contributed by atoms with Crippen LogP contribution in [0.5, 0.6) is 5.75 Å². The number of carbonyl (C=O) groups is 1. The van der Waals surface area contributed by atoms with Crippen molar-refractivity contribution in [3.63, 3.8) is 0 Å². The summed E-state index contributed by atoms with van der Waals surface area (Å²) in [5.41, 5.74) is 8.42. The molecule has 20 heavy (non-hydrogen) atoms. The minimum Gasteiger partial charge on any atom is -0.495 e. The van der Waals surface area contributed by atoms with Gasteiger partial charge < -0.3 is 15.8 Å². The fourth-order valence-electron chi connectivity index (χ4n) is 1.73. The number of halogens is 1. The molecule has 3 N–H and O–H groups in total. The number of nitrogens with one attached hydrogen (secondary N) is 1. The van der Waals surface area contributed by atoms with Crippen LogP contribution in [-0.2, 0) is 0 Å². The molecule has 0 bridgehead atoms. The number of anilines is 2. The van der Waals surface area contributed by atoms with E-state index in [-0.39, 0.29) is 5.91 Å². The smallest absolute Gasteiger partial charge is 0.255 e. The average Bonchev–Trinajstić information content (AvgIpc) is 2.42. The molecule has 0 heterocycles. The Hall–Kier alpha value is -2.20. The second-order valence-corrected chi connectivity index (χ2v) is 4.78. The van der Waals surface area contributed by atoms with Crippen molar-refractivity contribution >= 4 is 28.9 Å². The number of carbonyl (C=O) groups excluding carboxylic acids is 1. The Morgan fingerprint density at radius 2 is 2.00 bits per heavy atom. The summed E-state index contributed by atoms with van der Waals surface area (Å²) in [6.45, 7) is 1.89. The first-order valence-corrected chi connectivity index (χ1v) is 6.40. The standard InChI is InChI=1S/C15H15ClN2O2/c1-9-3-4-10(7-13(9)17)15(19)18-11-5-6-14(20-2)12(16)8-11/h3-8H,17H2,1-2H3,(H,18,19). The Kier molecular flexibility index (Phi) is 4.15. The predicted octanol–water partition coefficient (Wildman–Crippen LogP) is 3.49. The molecule has 104 valence electrons. The minimum atomic E-state index is -0.238. The molecule has 0 atom stereocenters. The van der Waals surface area contributed by atoms with Crippen LogP contribution in [0.2, 0.25) is 5.02 Å². The van der Waals surface area contributed by atoms with Crippen molar-refractivity contribution in [1.82, 2.24) is 0 Å². The highest BCUT2D eigenvalue weighted by atomic mass is 35.5. The fourth-order valence-corrected chi connectivity index (χ4v) is 1.99. The lowest BCUT2D eigenvalue weighted by atomic mass is 10.1. The van der Waals surface area contributed by atoms with Crippen LogP contribution in [0.4, 0.5) is 11.4 Å². The first-order chi connectivity index (χ1) is 9.51. The largest absolute Gasteiger partial charge is 0.495 e. The maximum absolute atomic E-state index is 12.1. The van der Waals surface area contributed by atoms with Crippen LogP contribution in [0.3, 0.4) is 0 Å². The van der Waals surface area contributed by atoms with Gasteiger partial charge in [-0.25, -0.2) is 0 Å². The molecule has 1 amide bonds. The van der Waals surface area contributed by atoms with Crippen LogP contribution < -0.4 is 15.8 Å². The highest BCUT2D eigenvalue weighted by Gasteiger charge is 2.09. The van der Waals surface area contributed by atoms with Crippen LogP contribution in [0.25, 0.3) is 0 Å². The van der Waals surface area contributed by atoms with Crippen molar-refractivity contribution in [3.8, 4) is 5.75 Å². The number of amides is 1. The molecule has 4 nitrogen and oxygen atoms in total. The van der Waals surface area contributed by atoms with Crippen molar-refractivity contribution in [1.29, 1.82) is 0 Å². The molecule has 5 heteroatoms. The van der Waals surface area contributed by atoms with Gasteiger partial charge in [-0.3, -0.25) is 4.79 Å². The topological polar surface area (TPSA) is 64.3 Å². The molecular weight excluding hydrogens is 276 g/mol. The van der Waals surface area contributed by atoms with E-state index in [1.165, 1.54) is 7.11 Å². The summed E-state index contributed by atoms with van der Waals surface area (Å²) in [7, 11) is 1.54. The first kappa shape index (κ1) is 14.2. The minimum absolute atomic E-state index is 0.238. The summed E-state index contributed by atoms with van der Waals surface area (Å²) in [5, 5.41) is 3.20. The van der Waals surface area contributed by atoms with Gasteiger partial charge in [0.2, 0.25) is 0 Å². The molecule has 0 aliphatic rings. The predicted molar refractivity (Wildman–Crippen MR) is 81.5 cm³/mol. The fraction of sp³-hybridized carbons (Fsp3) is 0.133. The molecular formula is C15H15ClN2O2. The lowest BCUT2D eigenvalue weighted by Crippen LogP contribution is -2.12. The van der Waals surface area contributed by atoms with Crippen molar-refractivity contribution in [2.24, 2.45) is 0 Å². The maximum atomic E-state index is 12.1. The molecule has 0 unspecified atom stereocenters. The normalized spacial score (nSPS) is 10.2. The third-order valence-corrected chi connectivity index (χ3v) is 3.25. The summed E-state index contributed by atoms with van der Waals surface area (Å²) < 4.78 is 5.06. The summed E-state index contributed by atoms with van der Waals surface area (Å²) in [6, 6.07) is 10.2. The number of nitrogen functional groups attached to an aromatic ring is 1. The van der Waals surface area contributed by atoms with Crippen LogP contribution in [0.15, 0.2) is 36.4 Å². The number of methoxy groups -OCH3 is 1. The van der Waals surface area contributed by atoms with E-state index in [0.29, 0.717) is 27.7 Å². The summed E-state index contributed by atoms with van der Waals surface area (Å²) in [5.74, 6) is 0.321. The summed E-state index contributed by atoms with van der Waals surface area (Å²) in [6.07, 6.45) is 0. The van der Waals surface area contributed by atoms with Gasteiger partial charge in [0.1, 0.15) is 5.75 Å². The Labute approximate surface area is 122 Å². The van der Waals surface area contributed by atoms with E-state index >= 15 is 0 Å². The zero-order chi connectivity index (χ0) is 14.7. The van der Waals surface area contributed by atoms with Crippen molar-refractivity contribution < 1.29 is 9.53 Å². The molecule has 0 fully saturated rings. The molecule has 0 spiro atoms. The van der Waals surface area contributed by atoms with Crippen molar-refractivity contribution in [2.45, 2.75) is 6.92 Å². The van der Waals surface area contributed by atoms with Crippen molar-refractivity contribution in [2.75, 3.05) is 18.2 Å². The third-order valence-electron chi connectivity index (χ3n) is 2.95. The van der Waals surface area contributed by atoms with E-state index < -0.39 is 0 Å². The molecule has 2 rings (SSSR count). The van der Waals surface area contributed by atoms with E-state index in [2.05, 4.69) is 5.32 Å². The van der Waals surface area contributed by atoms with Gasteiger partial charge in [0.05, 0.1) is 12.1 Å². The SMILES string of the molecule is COc1ccc(NC(=O)c2ccc(C)c(N)c2)cc1Cl. The molecule has 0 saturated carbocycles. The number of aryl methyl sites for hydroxylation is 1. The lowest BCUT2D eigenvalue weighted by Gasteiger charge is -2.09. The Bertz CT molecular complexity index is 656. The highest BCUT2D eigenvalue weighted by molar-refractivity contribution is 6.32. The van der Waals surface area contributed by atoms with Gasteiger partial charge in [0.15, 0.2) is 0 Å². The number of benzene rings is 2. The van der Waals surface area contributed by atoms with E-state index in [4.69, 9.17) is 22.1 Å². The van der Waals surface area contributed by atoms with E-state index in [1.807, 2.05) is 13.0 Å². The maximum Gasteiger partial charge on any atom is 0.255 e. The van der Waals surface area contributed by atoms with Crippen LogP contribution >= 0.6 is 11.6 Å². The monoisotopic (exact) mass is 290 g/mol. The van der Waals surface area contributed by atoms with Gasteiger partial charge >= 0.3 is 0 Å². The second-order valence-electron chi connectivity index (χ2n) is 4.37. The van der Waals surface area contributed by atoms with E-state index in [1.54, 1.807) is 30.3 Å². The quantitative estimate of drug-likeness (QED) is 0.851. The summed E-state index contributed by atoms with van der Waals surface area (Å²) in [4.78, 5) is 12.1. The zero-order valence-electron chi connectivity index (χ0n) is 11.2. The van der Waals surface area contributed by atoms with Gasteiger partial charge in [-0.2, -0.15) is 0 Å². The third kappa shape index (κ3) is 3.03. The zero-order valence-corrected chi connectivity index (χ0v) is 12.0. The molecule has 2 aromatic rings. The number of rotatable bonds is 3. The van der Waals surface area contributed by atoms with Crippen molar-refractivity contribution in [3.05, 3.63) is 52.5 Å². The summed E-state index contributed by atoms with van der Waals surface area (Å²) >= 11 is 6.01. The Balaban J connectivity index is 2.19. The van der Waals surface area contributed by atoms with Gasteiger partial charge in [-0.15, -0.1) is 0 Å². The van der Waals surface area contributed by atoms with Gasteiger partial charge in [-0.1, -0.05) is 17.7 Å². The number of hydrogen-bond donors (Lipinski definition) is 2. The van der Waals surface area contributed by atoms with Crippen LogP contribution in [0, 0.1) is 6.92 Å². The average molecular weight is 291 g/mol. The Morgan fingerprint density at radius 1 is 1.25 bits per heavy atom. The van der Waals surface area contributed by atoms with E-state index in [0.717, 1.165) is 5.56 Å². The number of hydrogen-bond acceptors (Lipinski definition) is 3. The van der Waals surface area contributed by atoms with Crippen LogP contribution in [0.1, 0.15) is 15.9 Å². The van der Waals surface area contributed by atoms with Crippen LogP contribution in [-0.4, -0.2) is 13.0 Å². The van der Waals surface area contributed by atoms with E-state index in [9.17, 15) is 4.79 Å². The second kappa shape index (κ2) is 5.84. The molecule has 0 saturated heterocycles. The first-order valence-electron chi connectivity index (χ1n) is 6.02. The molecule has 0 radical (unpaired) electrons. The number of nitrogens with two attached hydrogens (primary N) is 1. The van der Waals surface area contributed by atoms with Gasteiger partial charge in [0, 0.05) is 16.9 Å². The van der Waals surface area contributed by atoms with Gasteiger partial charge in [-0.05, 0) is 42.8 Å². The Morgan fingerprint density at radius 3 is 2.60 bits per heavy atom. The highest BCUT2D eigenvalue weighted by Crippen LogP contribution is 2.27. The van der Waals surface area contributed by atoms with Gasteiger partial charge in [0.25, 0.3) is 5.91 Å². The lowest BCUT2D eigenvalue weighted by molar-refractivity contribution is 0.102. The molecule has 2 aromatic carbocycles. The molecule has 0 aromatic heterocycles. The molecule has 0 aliphatic carbocycles. The molecule has 0 aliphatic heterocycles.